The fraction of sp³-hybridized carbons (Fsp3) is 0.421. The smallest absolute Gasteiger partial charge is 0.271 e. The molecule has 1 aromatic carbocycles. The molecule has 1 saturated carbocycles. The molecule has 1 aliphatic carbocycles. The summed E-state index contributed by atoms with van der Waals surface area (Å²) in [6.45, 7) is 0.624. The van der Waals surface area contributed by atoms with Gasteiger partial charge in [-0.3, -0.25) is 4.79 Å². The molecule has 132 valence electrons. The molecule has 6 heteroatoms. The van der Waals surface area contributed by atoms with Crippen molar-refractivity contribution < 1.29 is 4.79 Å². The SMILES string of the molecule is O=C(NC1CCCCCC1)c1cnc(NCc2ccc(Cl)cc2)cn1. The van der Waals surface area contributed by atoms with Crippen LogP contribution in [0, 0.1) is 0 Å². The Kier molecular flexibility index (Phi) is 6.23. The van der Waals surface area contributed by atoms with Gasteiger partial charge in [0.2, 0.25) is 0 Å². The van der Waals surface area contributed by atoms with Crippen LogP contribution in [0.1, 0.15) is 54.6 Å². The van der Waals surface area contributed by atoms with E-state index in [1.807, 2.05) is 24.3 Å². The van der Waals surface area contributed by atoms with Crippen molar-refractivity contribution in [3.05, 3.63) is 52.9 Å². The van der Waals surface area contributed by atoms with E-state index in [2.05, 4.69) is 20.6 Å². The molecule has 0 atom stereocenters. The first-order chi connectivity index (χ1) is 12.2. The Morgan fingerprint density at radius 2 is 1.76 bits per heavy atom. The molecule has 0 spiro atoms. The average molecular weight is 359 g/mol. The fourth-order valence-corrected chi connectivity index (χ4v) is 3.14. The first-order valence-electron chi connectivity index (χ1n) is 8.82. The van der Waals surface area contributed by atoms with Crippen molar-refractivity contribution >= 4 is 23.3 Å². The highest BCUT2D eigenvalue weighted by Gasteiger charge is 2.16. The van der Waals surface area contributed by atoms with E-state index < -0.39 is 0 Å². The highest BCUT2D eigenvalue weighted by atomic mass is 35.5. The van der Waals surface area contributed by atoms with Crippen molar-refractivity contribution in [2.45, 2.75) is 51.1 Å². The number of nitrogens with zero attached hydrogens (tertiary/aromatic N) is 2. The molecule has 0 saturated heterocycles. The van der Waals surface area contributed by atoms with Crippen LogP contribution >= 0.6 is 11.6 Å². The molecule has 0 radical (unpaired) electrons. The van der Waals surface area contributed by atoms with Gasteiger partial charge in [-0.1, -0.05) is 49.4 Å². The zero-order chi connectivity index (χ0) is 17.5. The number of carbonyl (C=O) groups is 1. The summed E-state index contributed by atoms with van der Waals surface area (Å²) < 4.78 is 0. The molecule has 5 nitrogen and oxygen atoms in total. The second kappa shape index (κ2) is 8.81. The van der Waals surface area contributed by atoms with Gasteiger partial charge in [0.25, 0.3) is 5.91 Å². The standard InChI is InChI=1S/C19H23ClN4O/c20-15-9-7-14(8-10-15)11-22-18-13-21-17(12-23-18)19(25)24-16-5-3-1-2-4-6-16/h7-10,12-13,16H,1-6,11H2,(H,22,23)(H,24,25). The molecule has 1 aliphatic rings. The number of hydrogen-bond acceptors (Lipinski definition) is 4. The molecular formula is C19H23ClN4O. The second-order valence-corrected chi connectivity index (χ2v) is 6.87. The lowest BCUT2D eigenvalue weighted by Gasteiger charge is -2.15. The van der Waals surface area contributed by atoms with Gasteiger partial charge in [0.1, 0.15) is 11.5 Å². The van der Waals surface area contributed by atoms with Crippen LogP contribution in [0.25, 0.3) is 0 Å². The second-order valence-electron chi connectivity index (χ2n) is 6.43. The van der Waals surface area contributed by atoms with Crippen molar-refractivity contribution in [1.29, 1.82) is 0 Å². The number of aromatic nitrogens is 2. The van der Waals surface area contributed by atoms with Gasteiger partial charge in [-0.25, -0.2) is 9.97 Å². The maximum Gasteiger partial charge on any atom is 0.271 e. The third kappa shape index (κ3) is 5.43. The number of carbonyl (C=O) groups excluding carboxylic acids is 1. The molecule has 1 aromatic heterocycles. The molecule has 3 rings (SSSR count). The van der Waals surface area contributed by atoms with E-state index in [0.717, 1.165) is 18.4 Å². The van der Waals surface area contributed by atoms with Gasteiger partial charge in [-0.05, 0) is 30.5 Å². The number of benzene rings is 1. The quantitative estimate of drug-likeness (QED) is 0.786. The molecule has 2 N–H and O–H groups in total. The molecular weight excluding hydrogens is 336 g/mol. The average Bonchev–Trinajstić information content (AvgIpc) is 2.90. The Bertz CT molecular complexity index is 680. The maximum absolute atomic E-state index is 12.3. The number of anilines is 1. The van der Waals surface area contributed by atoms with E-state index in [1.54, 1.807) is 6.20 Å². The lowest BCUT2D eigenvalue weighted by Crippen LogP contribution is -2.34. The van der Waals surface area contributed by atoms with Crippen LogP contribution in [0.2, 0.25) is 5.02 Å². The summed E-state index contributed by atoms with van der Waals surface area (Å²) in [6.07, 6.45) is 10.1. The summed E-state index contributed by atoms with van der Waals surface area (Å²) in [4.78, 5) is 20.8. The number of halogens is 1. The number of nitrogens with one attached hydrogen (secondary N) is 2. The summed E-state index contributed by atoms with van der Waals surface area (Å²) in [6, 6.07) is 7.88. The molecule has 1 heterocycles. The lowest BCUT2D eigenvalue weighted by atomic mass is 10.1. The van der Waals surface area contributed by atoms with Gasteiger partial charge < -0.3 is 10.6 Å². The van der Waals surface area contributed by atoms with Gasteiger partial charge in [-0.15, -0.1) is 0 Å². The van der Waals surface area contributed by atoms with Crippen LogP contribution in [0.5, 0.6) is 0 Å². The Balaban J connectivity index is 1.52. The van der Waals surface area contributed by atoms with Gasteiger partial charge >= 0.3 is 0 Å². The van der Waals surface area contributed by atoms with Crippen molar-refractivity contribution in [3.63, 3.8) is 0 Å². The van der Waals surface area contributed by atoms with Crippen molar-refractivity contribution in [2.75, 3.05) is 5.32 Å². The zero-order valence-corrected chi connectivity index (χ0v) is 14.9. The van der Waals surface area contributed by atoms with Crippen LogP contribution in [-0.2, 0) is 6.54 Å². The Morgan fingerprint density at radius 3 is 2.40 bits per heavy atom. The first-order valence-corrected chi connectivity index (χ1v) is 9.20. The summed E-state index contributed by atoms with van der Waals surface area (Å²) in [5.41, 5.74) is 1.46. The predicted molar refractivity (Wildman–Crippen MR) is 99.8 cm³/mol. The van der Waals surface area contributed by atoms with E-state index >= 15 is 0 Å². The summed E-state index contributed by atoms with van der Waals surface area (Å²) in [5.74, 6) is 0.504. The topological polar surface area (TPSA) is 66.9 Å². The van der Waals surface area contributed by atoms with Crippen LogP contribution in [0.3, 0.4) is 0 Å². The van der Waals surface area contributed by atoms with E-state index in [4.69, 9.17) is 11.6 Å². The Hall–Kier alpha value is -2.14. The maximum atomic E-state index is 12.3. The number of amides is 1. The summed E-state index contributed by atoms with van der Waals surface area (Å²) >= 11 is 5.87. The van der Waals surface area contributed by atoms with Gasteiger partial charge in [0.05, 0.1) is 12.4 Å². The fourth-order valence-electron chi connectivity index (χ4n) is 3.01. The normalized spacial score (nSPS) is 15.4. The Morgan fingerprint density at radius 1 is 1.04 bits per heavy atom. The molecule has 2 aromatic rings. The Labute approximate surface area is 153 Å². The van der Waals surface area contributed by atoms with Crippen molar-refractivity contribution in [1.82, 2.24) is 15.3 Å². The van der Waals surface area contributed by atoms with E-state index in [9.17, 15) is 4.79 Å². The monoisotopic (exact) mass is 358 g/mol. The third-order valence-electron chi connectivity index (χ3n) is 4.46. The lowest BCUT2D eigenvalue weighted by molar-refractivity contribution is 0.0928. The molecule has 1 fully saturated rings. The largest absolute Gasteiger partial charge is 0.365 e. The first kappa shape index (κ1) is 17.7. The van der Waals surface area contributed by atoms with Gasteiger partial charge in [0.15, 0.2) is 0 Å². The van der Waals surface area contributed by atoms with Crippen molar-refractivity contribution in [3.8, 4) is 0 Å². The van der Waals surface area contributed by atoms with E-state index in [1.165, 1.54) is 31.9 Å². The minimum Gasteiger partial charge on any atom is -0.365 e. The zero-order valence-electron chi connectivity index (χ0n) is 14.2. The number of hydrogen-bond donors (Lipinski definition) is 2. The van der Waals surface area contributed by atoms with Crippen molar-refractivity contribution in [2.24, 2.45) is 0 Å². The molecule has 0 bridgehead atoms. The van der Waals surface area contributed by atoms with Crippen LogP contribution in [-0.4, -0.2) is 21.9 Å². The van der Waals surface area contributed by atoms with Crippen LogP contribution in [0.4, 0.5) is 5.82 Å². The van der Waals surface area contributed by atoms with Gasteiger partial charge in [-0.2, -0.15) is 0 Å². The van der Waals surface area contributed by atoms with E-state index in [-0.39, 0.29) is 11.9 Å². The highest BCUT2D eigenvalue weighted by Crippen LogP contribution is 2.17. The molecule has 0 aliphatic heterocycles. The highest BCUT2D eigenvalue weighted by molar-refractivity contribution is 6.30. The minimum atomic E-state index is -0.136. The van der Waals surface area contributed by atoms with Gasteiger partial charge in [0, 0.05) is 17.6 Å². The number of rotatable bonds is 5. The summed E-state index contributed by atoms with van der Waals surface area (Å²) in [7, 11) is 0. The molecule has 1 amide bonds. The third-order valence-corrected chi connectivity index (χ3v) is 4.71. The minimum absolute atomic E-state index is 0.136. The molecule has 0 unspecified atom stereocenters. The summed E-state index contributed by atoms with van der Waals surface area (Å²) in [5, 5.41) is 6.99. The molecule has 25 heavy (non-hydrogen) atoms. The van der Waals surface area contributed by atoms with E-state index in [0.29, 0.717) is 23.1 Å². The van der Waals surface area contributed by atoms with Crippen LogP contribution in [0.15, 0.2) is 36.7 Å². The predicted octanol–water partition coefficient (Wildman–Crippen LogP) is 4.19. The van der Waals surface area contributed by atoms with Crippen LogP contribution < -0.4 is 10.6 Å².